The second-order valence-corrected chi connectivity index (χ2v) is 4.06. The van der Waals surface area contributed by atoms with E-state index in [0.29, 0.717) is 11.5 Å². The van der Waals surface area contributed by atoms with Crippen LogP contribution in [0.2, 0.25) is 0 Å². The highest BCUT2D eigenvalue weighted by molar-refractivity contribution is 5.92. The van der Waals surface area contributed by atoms with Gasteiger partial charge in [0.2, 0.25) is 5.95 Å². The van der Waals surface area contributed by atoms with Gasteiger partial charge in [-0.25, -0.2) is 9.97 Å². The molecule has 0 aromatic carbocycles. The van der Waals surface area contributed by atoms with E-state index in [2.05, 4.69) is 26.7 Å². The second-order valence-electron chi connectivity index (χ2n) is 4.06. The van der Waals surface area contributed by atoms with Gasteiger partial charge in [-0.15, -0.1) is 0 Å². The van der Waals surface area contributed by atoms with Gasteiger partial charge in [0.25, 0.3) is 5.91 Å². The molecule has 1 aliphatic rings. The van der Waals surface area contributed by atoms with E-state index in [-0.39, 0.29) is 0 Å². The Morgan fingerprint density at radius 3 is 2.35 bits per heavy atom. The fraction of sp³-hybridized carbons (Fsp3) is 0.545. The number of anilines is 1. The lowest BCUT2D eigenvalue weighted by Gasteiger charge is -2.33. The SMILES string of the molecule is CCN1CCN(c2ncc(C(N)=O)cn2)CC1. The Morgan fingerprint density at radius 1 is 1.29 bits per heavy atom. The molecule has 1 aromatic heterocycles. The standard InChI is InChI=1S/C11H17N5O/c1-2-15-3-5-16(6-4-15)11-13-7-9(8-14-11)10(12)17/h7-8H,2-6H2,1H3,(H2,12,17). The van der Waals surface area contributed by atoms with Crippen LogP contribution in [-0.4, -0.2) is 53.5 Å². The van der Waals surface area contributed by atoms with Crippen LogP contribution >= 0.6 is 0 Å². The number of rotatable bonds is 3. The van der Waals surface area contributed by atoms with Crippen LogP contribution in [0.25, 0.3) is 0 Å². The zero-order valence-electron chi connectivity index (χ0n) is 9.96. The van der Waals surface area contributed by atoms with Crippen LogP contribution in [0, 0.1) is 0 Å². The summed E-state index contributed by atoms with van der Waals surface area (Å²) in [4.78, 5) is 23.7. The molecule has 6 heteroatoms. The molecule has 0 atom stereocenters. The summed E-state index contributed by atoms with van der Waals surface area (Å²) in [7, 11) is 0. The van der Waals surface area contributed by atoms with E-state index in [1.165, 1.54) is 12.4 Å². The highest BCUT2D eigenvalue weighted by Crippen LogP contribution is 2.10. The van der Waals surface area contributed by atoms with Crippen molar-refractivity contribution < 1.29 is 4.79 Å². The molecular formula is C11H17N5O. The maximum atomic E-state index is 10.9. The molecule has 0 radical (unpaired) electrons. The van der Waals surface area contributed by atoms with Crippen molar-refractivity contribution in [3.63, 3.8) is 0 Å². The van der Waals surface area contributed by atoms with E-state index >= 15 is 0 Å². The molecule has 6 nitrogen and oxygen atoms in total. The molecule has 1 fully saturated rings. The van der Waals surface area contributed by atoms with E-state index in [4.69, 9.17) is 5.73 Å². The first-order valence-corrected chi connectivity index (χ1v) is 5.80. The van der Waals surface area contributed by atoms with Crippen LogP contribution in [0.15, 0.2) is 12.4 Å². The van der Waals surface area contributed by atoms with E-state index < -0.39 is 5.91 Å². The zero-order valence-corrected chi connectivity index (χ0v) is 9.96. The van der Waals surface area contributed by atoms with Crippen LogP contribution in [0.5, 0.6) is 0 Å². The van der Waals surface area contributed by atoms with Gasteiger partial charge in [0, 0.05) is 38.6 Å². The largest absolute Gasteiger partial charge is 0.366 e. The summed E-state index contributed by atoms with van der Waals surface area (Å²) >= 11 is 0. The van der Waals surface area contributed by atoms with Gasteiger partial charge in [0.15, 0.2) is 0 Å². The van der Waals surface area contributed by atoms with Gasteiger partial charge in [0.05, 0.1) is 5.56 Å². The highest BCUT2D eigenvalue weighted by atomic mass is 16.1. The Labute approximate surface area is 100 Å². The van der Waals surface area contributed by atoms with E-state index in [1.54, 1.807) is 0 Å². The summed E-state index contributed by atoms with van der Waals surface area (Å²) in [6, 6.07) is 0. The normalized spacial score (nSPS) is 17.1. The van der Waals surface area contributed by atoms with Gasteiger partial charge in [-0.3, -0.25) is 4.79 Å². The number of hydrogen-bond donors (Lipinski definition) is 1. The molecule has 0 spiro atoms. The van der Waals surface area contributed by atoms with E-state index in [1.807, 2.05) is 0 Å². The Morgan fingerprint density at radius 2 is 1.88 bits per heavy atom. The predicted molar refractivity (Wildman–Crippen MR) is 64.9 cm³/mol. The highest BCUT2D eigenvalue weighted by Gasteiger charge is 2.17. The molecule has 1 aromatic rings. The van der Waals surface area contributed by atoms with Crippen LogP contribution in [0.4, 0.5) is 5.95 Å². The summed E-state index contributed by atoms with van der Waals surface area (Å²) in [5.41, 5.74) is 5.49. The Balaban J connectivity index is 2.01. The topological polar surface area (TPSA) is 75.3 Å². The number of nitrogens with zero attached hydrogens (tertiary/aromatic N) is 4. The lowest BCUT2D eigenvalue weighted by molar-refractivity contribution is 0.0999. The maximum absolute atomic E-state index is 10.9. The van der Waals surface area contributed by atoms with Crippen molar-refractivity contribution in [3.8, 4) is 0 Å². The van der Waals surface area contributed by atoms with Gasteiger partial charge >= 0.3 is 0 Å². The number of carbonyl (C=O) groups is 1. The van der Waals surface area contributed by atoms with Crippen LogP contribution in [0.3, 0.4) is 0 Å². The van der Waals surface area contributed by atoms with Gasteiger partial charge in [0.1, 0.15) is 0 Å². The summed E-state index contributed by atoms with van der Waals surface area (Å²) in [5.74, 6) is 0.179. The van der Waals surface area contributed by atoms with E-state index in [0.717, 1.165) is 32.7 Å². The molecule has 1 amide bonds. The van der Waals surface area contributed by atoms with Crippen molar-refractivity contribution in [2.45, 2.75) is 6.92 Å². The van der Waals surface area contributed by atoms with Crippen molar-refractivity contribution in [1.29, 1.82) is 0 Å². The first-order valence-electron chi connectivity index (χ1n) is 5.80. The molecule has 0 bridgehead atoms. The summed E-state index contributed by atoms with van der Waals surface area (Å²) in [6.07, 6.45) is 2.97. The molecule has 0 saturated carbocycles. The number of nitrogens with two attached hydrogens (primary N) is 1. The van der Waals surface area contributed by atoms with Crippen LogP contribution < -0.4 is 10.6 Å². The maximum Gasteiger partial charge on any atom is 0.251 e. The summed E-state index contributed by atoms with van der Waals surface area (Å²) < 4.78 is 0. The first kappa shape index (κ1) is 11.8. The molecule has 17 heavy (non-hydrogen) atoms. The third kappa shape index (κ3) is 2.71. The molecule has 1 aliphatic heterocycles. The van der Waals surface area contributed by atoms with Crippen molar-refractivity contribution in [1.82, 2.24) is 14.9 Å². The van der Waals surface area contributed by atoms with Crippen molar-refractivity contribution in [2.24, 2.45) is 5.73 Å². The lowest BCUT2D eigenvalue weighted by atomic mass is 10.3. The second kappa shape index (κ2) is 5.09. The summed E-state index contributed by atoms with van der Waals surface area (Å²) in [6.45, 7) is 7.13. The van der Waals surface area contributed by atoms with Crippen molar-refractivity contribution in [3.05, 3.63) is 18.0 Å². The number of piperazine rings is 1. The Hall–Kier alpha value is -1.69. The molecule has 0 aliphatic carbocycles. The molecule has 1 saturated heterocycles. The lowest BCUT2D eigenvalue weighted by Crippen LogP contribution is -2.46. The average Bonchev–Trinajstić information content (AvgIpc) is 2.39. The minimum absolute atomic E-state index is 0.348. The van der Waals surface area contributed by atoms with Crippen LogP contribution in [-0.2, 0) is 0 Å². The quantitative estimate of drug-likeness (QED) is 0.779. The molecule has 0 unspecified atom stereocenters. The number of likely N-dealkylation sites (N-methyl/N-ethyl adjacent to an activating group) is 1. The monoisotopic (exact) mass is 235 g/mol. The molecular weight excluding hydrogens is 218 g/mol. The third-order valence-corrected chi connectivity index (χ3v) is 3.03. The molecule has 2 rings (SSSR count). The minimum atomic E-state index is -0.493. The van der Waals surface area contributed by atoms with Crippen molar-refractivity contribution >= 4 is 11.9 Å². The fourth-order valence-corrected chi connectivity index (χ4v) is 1.88. The Bertz CT molecular complexity index is 383. The number of primary amides is 1. The smallest absolute Gasteiger partial charge is 0.251 e. The van der Waals surface area contributed by atoms with Gasteiger partial charge in [-0.2, -0.15) is 0 Å². The summed E-state index contributed by atoms with van der Waals surface area (Å²) in [5, 5.41) is 0. The predicted octanol–water partition coefficient (Wildman–Crippen LogP) is -0.283. The molecule has 2 heterocycles. The number of aromatic nitrogens is 2. The van der Waals surface area contributed by atoms with Gasteiger partial charge < -0.3 is 15.5 Å². The fourth-order valence-electron chi connectivity index (χ4n) is 1.88. The minimum Gasteiger partial charge on any atom is -0.366 e. The van der Waals surface area contributed by atoms with Gasteiger partial charge in [-0.1, -0.05) is 6.92 Å². The third-order valence-electron chi connectivity index (χ3n) is 3.03. The number of carbonyl (C=O) groups excluding carboxylic acids is 1. The average molecular weight is 235 g/mol. The first-order chi connectivity index (χ1) is 8.20. The zero-order chi connectivity index (χ0) is 12.3. The van der Waals surface area contributed by atoms with Crippen LogP contribution in [0.1, 0.15) is 17.3 Å². The number of amides is 1. The van der Waals surface area contributed by atoms with Gasteiger partial charge in [-0.05, 0) is 6.54 Å². The number of hydrogen-bond acceptors (Lipinski definition) is 5. The Kier molecular flexibility index (Phi) is 3.53. The van der Waals surface area contributed by atoms with E-state index in [9.17, 15) is 4.79 Å². The molecule has 92 valence electrons. The molecule has 2 N–H and O–H groups in total. The van der Waals surface area contributed by atoms with Crippen molar-refractivity contribution in [2.75, 3.05) is 37.6 Å².